The lowest BCUT2D eigenvalue weighted by Crippen LogP contribution is -2.17. The van der Waals surface area contributed by atoms with Crippen LogP contribution in [-0.4, -0.2) is 21.6 Å². The van der Waals surface area contributed by atoms with E-state index in [0.717, 1.165) is 17.3 Å². The summed E-state index contributed by atoms with van der Waals surface area (Å²) < 4.78 is 0. The quantitative estimate of drug-likeness (QED) is 0.452. The van der Waals surface area contributed by atoms with Crippen LogP contribution in [0.3, 0.4) is 0 Å². The maximum absolute atomic E-state index is 12.4. The van der Waals surface area contributed by atoms with Crippen LogP contribution in [-0.2, 0) is 10.2 Å². The van der Waals surface area contributed by atoms with Crippen LogP contribution in [0.25, 0.3) is 11.3 Å². The molecule has 1 heterocycles. The number of hydrogen-bond donors (Lipinski definition) is 2. The standard InChI is InChI=1S/C24H24N4O2S/c1-15-5-7-16(8-6-15)21-19(13-25)22(30)28-23(27-21)31-14-20(29)26-18-11-9-17(10-12-18)24(2,3)4/h5-12H,14H2,1-4H3,(H,26,29)(H,27,28,30). The summed E-state index contributed by atoms with van der Waals surface area (Å²) in [5, 5.41) is 12.5. The second-order valence-corrected chi connectivity index (χ2v) is 9.20. The van der Waals surface area contributed by atoms with Gasteiger partial charge in [-0.2, -0.15) is 5.26 Å². The van der Waals surface area contributed by atoms with Gasteiger partial charge in [-0.05, 0) is 30.0 Å². The average molecular weight is 433 g/mol. The van der Waals surface area contributed by atoms with Crippen molar-refractivity contribution >= 4 is 23.4 Å². The molecule has 0 unspecified atom stereocenters. The molecule has 0 aliphatic heterocycles. The van der Waals surface area contributed by atoms with Crippen molar-refractivity contribution in [3.05, 3.63) is 75.6 Å². The minimum absolute atomic E-state index is 0.0423. The van der Waals surface area contributed by atoms with Crippen LogP contribution in [0.15, 0.2) is 58.5 Å². The SMILES string of the molecule is Cc1ccc(-c2nc(SCC(=O)Nc3ccc(C(C)(C)C)cc3)[nH]c(=O)c2C#N)cc1. The van der Waals surface area contributed by atoms with E-state index in [2.05, 4.69) is 36.1 Å². The monoisotopic (exact) mass is 432 g/mol. The fraction of sp³-hybridized carbons (Fsp3) is 0.250. The Balaban J connectivity index is 1.73. The van der Waals surface area contributed by atoms with Gasteiger partial charge in [-0.1, -0.05) is 74.5 Å². The average Bonchev–Trinajstić information content (AvgIpc) is 2.72. The molecule has 6 nitrogen and oxygen atoms in total. The van der Waals surface area contributed by atoms with E-state index in [1.807, 2.05) is 61.5 Å². The van der Waals surface area contributed by atoms with Gasteiger partial charge < -0.3 is 10.3 Å². The number of thioether (sulfide) groups is 1. The zero-order chi connectivity index (χ0) is 22.6. The third-order valence-electron chi connectivity index (χ3n) is 4.71. The number of aryl methyl sites for hydroxylation is 1. The number of anilines is 1. The molecule has 0 fully saturated rings. The molecule has 0 atom stereocenters. The van der Waals surface area contributed by atoms with Gasteiger partial charge in [-0.25, -0.2) is 4.98 Å². The topological polar surface area (TPSA) is 98.6 Å². The number of hydrogen-bond acceptors (Lipinski definition) is 5. The Kier molecular flexibility index (Phi) is 6.62. The molecule has 3 aromatic rings. The summed E-state index contributed by atoms with van der Waals surface area (Å²) in [5.74, 6) is -0.138. The van der Waals surface area contributed by atoms with E-state index in [-0.39, 0.29) is 27.8 Å². The minimum Gasteiger partial charge on any atom is -0.325 e. The number of carbonyl (C=O) groups excluding carboxylic acids is 1. The molecule has 2 aromatic carbocycles. The van der Waals surface area contributed by atoms with Gasteiger partial charge in [0.2, 0.25) is 5.91 Å². The highest BCUT2D eigenvalue weighted by Crippen LogP contribution is 2.24. The lowest BCUT2D eigenvalue weighted by atomic mass is 9.87. The Morgan fingerprint density at radius 2 is 1.77 bits per heavy atom. The number of nitrogens with zero attached hydrogens (tertiary/aromatic N) is 2. The highest BCUT2D eigenvalue weighted by atomic mass is 32.2. The van der Waals surface area contributed by atoms with Crippen LogP contribution >= 0.6 is 11.8 Å². The van der Waals surface area contributed by atoms with Crippen LogP contribution in [0, 0.1) is 18.3 Å². The normalized spacial score (nSPS) is 11.1. The smallest absolute Gasteiger partial charge is 0.270 e. The Morgan fingerprint density at radius 3 is 2.35 bits per heavy atom. The number of nitrogens with one attached hydrogen (secondary N) is 2. The molecule has 0 saturated heterocycles. The number of aromatic nitrogens is 2. The number of aromatic amines is 1. The van der Waals surface area contributed by atoms with E-state index in [1.54, 1.807) is 0 Å². The summed E-state index contributed by atoms with van der Waals surface area (Å²) in [5.41, 5.74) is 3.42. The molecular formula is C24H24N4O2S. The number of rotatable bonds is 5. The molecule has 0 saturated carbocycles. The van der Waals surface area contributed by atoms with Crippen molar-refractivity contribution in [2.45, 2.75) is 38.3 Å². The number of nitriles is 1. The van der Waals surface area contributed by atoms with E-state index >= 15 is 0 Å². The lowest BCUT2D eigenvalue weighted by molar-refractivity contribution is -0.113. The molecule has 1 amide bonds. The van der Waals surface area contributed by atoms with Crippen LogP contribution in [0.1, 0.15) is 37.5 Å². The summed E-state index contributed by atoms with van der Waals surface area (Å²) in [6, 6.07) is 17.1. The van der Waals surface area contributed by atoms with Gasteiger partial charge in [-0.3, -0.25) is 9.59 Å². The second kappa shape index (κ2) is 9.19. The predicted octanol–water partition coefficient (Wildman–Crippen LogP) is 4.65. The fourth-order valence-electron chi connectivity index (χ4n) is 2.93. The molecule has 0 radical (unpaired) electrons. The molecular weight excluding hydrogens is 408 g/mol. The second-order valence-electron chi connectivity index (χ2n) is 8.24. The summed E-state index contributed by atoms with van der Waals surface area (Å²) >= 11 is 1.11. The molecule has 0 aliphatic carbocycles. The molecule has 31 heavy (non-hydrogen) atoms. The van der Waals surface area contributed by atoms with E-state index in [1.165, 1.54) is 5.56 Å². The highest BCUT2D eigenvalue weighted by Gasteiger charge is 2.15. The number of amides is 1. The van der Waals surface area contributed by atoms with Crippen molar-refractivity contribution in [2.75, 3.05) is 11.1 Å². The van der Waals surface area contributed by atoms with Gasteiger partial charge in [-0.15, -0.1) is 0 Å². The van der Waals surface area contributed by atoms with Crippen molar-refractivity contribution < 1.29 is 4.79 Å². The predicted molar refractivity (Wildman–Crippen MR) is 124 cm³/mol. The van der Waals surface area contributed by atoms with Gasteiger partial charge in [0.25, 0.3) is 5.56 Å². The van der Waals surface area contributed by atoms with E-state index < -0.39 is 5.56 Å². The minimum atomic E-state index is -0.520. The maximum atomic E-state index is 12.4. The van der Waals surface area contributed by atoms with Crippen LogP contribution < -0.4 is 10.9 Å². The first-order valence-corrected chi connectivity index (χ1v) is 10.8. The largest absolute Gasteiger partial charge is 0.325 e. The first-order chi connectivity index (χ1) is 14.7. The van der Waals surface area contributed by atoms with Crippen LogP contribution in [0.2, 0.25) is 0 Å². The van der Waals surface area contributed by atoms with Crippen molar-refractivity contribution in [1.82, 2.24) is 9.97 Å². The maximum Gasteiger partial charge on any atom is 0.270 e. The van der Waals surface area contributed by atoms with Crippen molar-refractivity contribution in [3.63, 3.8) is 0 Å². The molecule has 1 aromatic heterocycles. The van der Waals surface area contributed by atoms with Crippen molar-refractivity contribution in [1.29, 1.82) is 5.26 Å². The van der Waals surface area contributed by atoms with Crippen molar-refractivity contribution in [3.8, 4) is 17.3 Å². The first kappa shape index (κ1) is 22.3. The molecule has 158 valence electrons. The summed E-state index contributed by atoms with van der Waals surface area (Å²) in [7, 11) is 0. The summed E-state index contributed by atoms with van der Waals surface area (Å²) in [6.45, 7) is 8.35. The van der Waals surface area contributed by atoms with Crippen LogP contribution in [0.5, 0.6) is 0 Å². The lowest BCUT2D eigenvalue weighted by Gasteiger charge is -2.19. The molecule has 2 N–H and O–H groups in total. The molecule has 3 rings (SSSR count). The van der Waals surface area contributed by atoms with Gasteiger partial charge in [0.05, 0.1) is 11.4 Å². The summed E-state index contributed by atoms with van der Waals surface area (Å²) in [6.07, 6.45) is 0. The van der Waals surface area contributed by atoms with Gasteiger partial charge in [0.1, 0.15) is 11.6 Å². The number of carbonyl (C=O) groups is 1. The number of H-pyrrole nitrogens is 1. The summed E-state index contributed by atoms with van der Waals surface area (Å²) in [4.78, 5) is 31.7. The van der Waals surface area contributed by atoms with E-state index in [4.69, 9.17) is 0 Å². The zero-order valence-electron chi connectivity index (χ0n) is 17.9. The Hall–Kier alpha value is -3.37. The molecule has 0 spiro atoms. The van der Waals surface area contributed by atoms with E-state index in [9.17, 15) is 14.9 Å². The first-order valence-electron chi connectivity index (χ1n) is 9.82. The Morgan fingerprint density at radius 1 is 1.13 bits per heavy atom. The van der Waals surface area contributed by atoms with Crippen molar-refractivity contribution in [2.24, 2.45) is 0 Å². The Labute approximate surface area is 185 Å². The molecule has 7 heteroatoms. The van der Waals surface area contributed by atoms with Crippen LogP contribution in [0.4, 0.5) is 5.69 Å². The zero-order valence-corrected chi connectivity index (χ0v) is 18.8. The fourth-order valence-corrected chi connectivity index (χ4v) is 3.59. The molecule has 0 aliphatic rings. The third kappa shape index (κ3) is 5.62. The van der Waals surface area contributed by atoms with E-state index in [0.29, 0.717) is 16.9 Å². The van der Waals surface area contributed by atoms with Gasteiger partial charge >= 0.3 is 0 Å². The highest BCUT2D eigenvalue weighted by molar-refractivity contribution is 7.99. The van der Waals surface area contributed by atoms with Gasteiger partial charge in [0, 0.05) is 11.3 Å². The Bertz CT molecular complexity index is 1180. The molecule has 0 bridgehead atoms. The number of benzene rings is 2. The third-order valence-corrected chi connectivity index (χ3v) is 5.58. The van der Waals surface area contributed by atoms with Gasteiger partial charge in [0.15, 0.2) is 5.16 Å².